The van der Waals surface area contributed by atoms with Gasteiger partial charge < -0.3 is 15.0 Å². The monoisotopic (exact) mass is 409 g/mol. The summed E-state index contributed by atoms with van der Waals surface area (Å²) >= 11 is 0. The first kappa shape index (κ1) is 21.5. The fourth-order valence-electron chi connectivity index (χ4n) is 3.89. The normalized spacial score (nSPS) is 22.9. The van der Waals surface area contributed by atoms with Crippen LogP contribution in [0.5, 0.6) is 11.6 Å². The van der Waals surface area contributed by atoms with Crippen molar-refractivity contribution in [3.63, 3.8) is 0 Å². The molecule has 1 amide bonds. The van der Waals surface area contributed by atoms with Crippen molar-refractivity contribution in [3.05, 3.63) is 54.2 Å². The maximum Gasteiger partial charge on any atom is 0.255 e. The van der Waals surface area contributed by atoms with Crippen LogP contribution in [0.4, 0.5) is 0 Å². The average molecular weight is 410 g/mol. The second-order valence-electron chi connectivity index (χ2n) is 6.98. The summed E-state index contributed by atoms with van der Waals surface area (Å²) in [4.78, 5) is 18.9. The van der Waals surface area contributed by atoms with E-state index < -0.39 is 0 Å². The second-order valence-corrected chi connectivity index (χ2v) is 6.98. The lowest BCUT2D eigenvalue weighted by Gasteiger charge is -2.35. The van der Waals surface area contributed by atoms with Gasteiger partial charge in [0.05, 0.1) is 5.56 Å². The molecule has 2 aliphatic rings. The summed E-state index contributed by atoms with van der Waals surface area (Å²) in [5, 5.41) is 3.62. The van der Waals surface area contributed by atoms with Crippen molar-refractivity contribution in [3.8, 4) is 11.6 Å². The summed E-state index contributed by atoms with van der Waals surface area (Å²) in [6.45, 7) is 0. The Hall–Kier alpha value is -1.82. The third-order valence-corrected chi connectivity index (χ3v) is 5.27. The van der Waals surface area contributed by atoms with Crippen molar-refractivity contribution in [1.82, 2.24) is 15.2 Å². The van der Waals surface area contributed by atoms with Gasteiger partial charge in [0.15, 0.2) is 0 Å². The van der Waals surface area contributed by atoms with E-state index in [1.54, 1.807) is 18.3 Å². The molecule has 2 unspecified atom stereocenters. The number of hydrogen-bond acceptors (Lipinski definition) is 4. The molecular weight excluding hydrogens is 385 g/mol. The van der Waals surface area contributed by atoms with Crippen LogP contribution in [0.3, 0.4) is 0 Å². The van der Waals surface area contributed by atoms with E-state index in [9.17, 15) is 4.79 Å². The topological polar surface area (TPSA) is 54.5 Å². The van der Waals surface area contributed by atoms with Gasteiger partial charge in [-0.3, -0.25) is 4.79 Å². The Kier molecular flexibility index (Phi) is 7.48. The number of nitrogens with one attached hydrogen (secondary N) is 1. The van der Waals surface area contributed by atoms with E-state index in [0.717, 1.165) is 18.6 Å². The number of fused-ring (bicyclic) bond motifs is 2. The van der Waals surface area contributed by atoms with Crippen LogP contribution in [0.15, 0.2) is 48.7 Å². The number of para-hydroxylation sites is 1. The van der Waals surface area contributed by atoms with Gasteiger partial charge in [-0.15, -0.1) is 24.8 Å². The summed E-state index contributed by atoms with van der Waals surface area (Å²) < 4.78 is 5.68. The number of halogens is 2. The molecule has 0 spiro atoms. The Balaban J connectivity index is 0.00000131. The zero-order valence-electron chi connectivity index (χ0n) is 15.2. The van der Waals surface area contributed by atoms with Crippen LogP contribution in [0, 0.1) is 0 Å². The third-order valence-electron chi connectivity index (χ3n) is 5.27. The number of piperidine rings is 1. The fourth-order valence-corrected chi connectivity index (χ4v) is 3.89. The molecule has 0 radical (unpaired) electrons. The van der Waals surface area contributed by atoms with Gasteiger partial charge in [0.1, 0.15) is 5.75 Å². The summed E-state index contributed by atoms with van der Waals surface area (Å²) in [7, 11) is 1.91. The summed E-state index contributed by atoms with van der Waals surface area (Å²) in [5.74, 6) is 1.26. The van der Waals surface area contributed by atoms with Gasteiger partial charge in [-0.05, 0) is 43.9 Å². The molecule has 7 heteroatoms. The minimum Gasteiger partial charge on any atom is -0.439 e. The molecule has 2 aliphatic heterocycles. The lowest BCUT2D eigenvalue weighted by Crippen LogP contribution is -2.48. The fraction of sp³-hybridized carbons (Fsp3) is 0.400. The molecule has 2 atom stereocenters. The molecule has 2 bridgehead atoms. The van der Waals surface area contributed by atoms with Gasteiger partial charge in [0.2, 0.25) is 5.88 Å². The molecule has 27 heavy (non-hydrogen) atoms. The van der Waals surface area contributed by atoms with Crippen molar-refractivity contribution in [2.45, 2.75) is 43.8 Å². The van der Waals surface area contributed by atoms with E-state index in [4.69, 9.17) is 4.74 Å². The molecule has 1 aromatic heterocycles. The van der Waals surface area contributed by atoms with E-state index in [0.29, 0.717) is 29.6 Å². The van der Waals surface area contributed by atoms with E-state index in [1.165, 1.54) is 12.8 Å². The van der Waals surface area contributed by atoms with Crippen molar-refractivity contribution in [1.29, 1.82) is 0 Å². The molecule has 146 valence electrons. The van der Waals surface area contributed by atoms with Gasteiger partial charge >= 0.3 is 0 Å². The largest absolute Gasteiger partial charge is 0.439 e. The molecule has 2 saturated heterocycles. The van der Waals surface area contributed by atoms with Gasteiger partial charge in [-0.25, -0.2) is 4.98 Å². The number of carbonyl (C=O) groups excluding carboxylic acids is 1. The standard InChI is InChI=1S/C20H23N3O2.2ClH/c1-23(17-11-15-8-9-16(12-17)22-15)20(24)14-7-10-19(21-13-14)25-18-5-3-2-4-6-18;;/h2-7,10,13,15-17,22H,8-9,11-12H2,1H3;2*1H. The first-order valence-electron chi connectivity index (χ1n) is 8.91. The van der Waals surface area contributed by atoms with Gasteiger partial charge in [-0.2, -0.15) is 0 Å². The quantitative estimate of drug-likeness (QED) is 0.826. The number of amides is 1. The van der Waals surface area contributed by atoms with Crippen LogP contribution in [-0.2, 0) is 0 Å². The molecule has 1 N–H and O–H groups in total. The van der Waals surface area contributed by atoms with E-state index >= 15 is 0 Å². The molecule has 0 saturated carbocycles. The SMILES string of the molecule is CN(C(=O)c1ccc(Oc2ccccc2)nc1)C1CC2CCC(C1)N2.Cl.Cl. The minimum absolute atomic E-state index is 0. The molecular formula is C20H25Cl2N3O2. The zero-order valence-corrected chi connectivity index (χ0v) is 16.8. The predicted molar refractivity (Wildman–Crippen MR) is 110 cm³/mol. The zero-order chi connectivity index (χ0) is 17.2. The maximum atomic E-state index is 12.8. The Bertz CT molecular complexity index is 731. The highest BCUT2D eigenvalue weighted by Crippen LogP contribution is 2.30. The van der Waals surface area contributed by atoms with Gasteiger partial charge in [-0.1, -0.05) is 18.2 Å². The molecule has 5 nitrogen and oxygen atoms in total. The second kappa shape index (κ2) is 9.40. The van der Waals surface area contributed by atoms with Crippen molar-refractivity contribution in [2.75, 3.05) is 7.05 Å². The van der Waals surface area contributed by atoms with Crippen LogP contribution in [-0.4, -0.2) is 41.0 Å². The number of carbonyl (C=O) groups is 1. The third kappa shape index (κ3) is 4.92. The average Bonchev–Trinajstić information content (AvgIpc) is 3.00. The molecule has 0 aliphatic carbocycles. The van der Waals surface area contributed by atoms with E-state index in [2.05, 4.69) is 10.3 Å². The number of nitrogens with zero attached hydrogens (tertiary/aromatic N) is 2. The summed E-state index contributed by atoms with van der Waals surface area (Å²) in [6.07, 6.45) is 6.15. The van der Waals surface area contributed by atoms with E-state index in [1.807, 2.05) is 42.3 Å². The van der Waals surface area contributed by atoms with Gasteiger partial charge in [0, 0.05) is 37.4 Å². The van der Waals surface area contributed by atoms with E-state index in [-0.39, 0.29) is 30.7 Å². The highest BCUT2D eigenvalue weighted by molar-refractivity contribution is 5.94. The minimum atomic E-state index is 0. The number of hydrogen-bond donors (Lipinski definition) is 1. The Morgan fingerprint density at radius 2 is 1.74 bits per heavy atom. The molecule has 4 rings (SSSR count). The van der Waals surface area contributed by atoms with Crippen LogP contribution in [0.2, 0.25) is 0 Å². The molecule has 2 fully saturated rings. The Morgan fingerprint density at radius 1 is 1.07 bits per heavy atom. The van der Waals surface area contributed by atoms with Crippen LogP contribution in [0.25, 0.3) is 0 Å². The number of rotatable bonds is 4. The van der Waals surface area contributed by atoms with Crippen molar-refractivity contribution in [2.24, 2.45) is 0 Å². The van der Waals surface area contributed by atoms with Crippen LogP contribution in [0.1, 0.15) is 36.0 Å². The van der Waals surface area contributed by atoms with Crippen molar-refractivity contribution < 1.29 is 9.53 Å². The first-order valence-corrected chi connectivity index (χ1v) is 8.91. The lowest BCUT2D eigenvalue weighted by atomic mass is 9.98. The Morgan fingerprint density at radius 3 is 2.33 bits per heavy atom. The number of ether oxygens (including phenoxy) is 1. The highest BCUT2D eigenvalue weighted by atomic mass is 35.5. The number of benzene rings is 1. The predicted octanol–water partition coefficient (Wildman–Crippen LogP) is 4.07. The summed E-state index contributed by atoms with van der Waals surface area (Å²) in [5.41, 5.74) is 0.605. The number of aromatic nitrogens is 1. The number of pyridine rings is 1. The highest BCUT2D eigenvalue weighted by Gasteiger charge is 2.36. The molecule has 1 aromatic carbocycles. The maximum absolute atomic E-state index is 12.8. The smallest absolute Gasteiger partial charge is 0.255 e. The summed E-state index contributed by atoms with van der Waals surface area (Å²) in [6, 6.07) is 14.5. The lowest BCUT2D eigenvalue weighted by molar-refractivity contribution is 0.0681. The molecule has 2 aromatic rings. The first-order chi connectivity index (χ1) is 12.2. The molecule has 3 heterocycles. The van der Waals surface area contributed by atoms with Gasteiger partial charge in [0.25, 0.3) is 5.91 Å². The van der Waals surface area contributed by atoms with Crippen LogP contribution >= 0.6 is 24.8 Å². The Labute approximate surface area is 172 Å². The van der Waals surface area contributed by atoms with Crippen molar-refractivity contribution >= 4 is 30.7 Å². The van der Waals surface area contributed by atoms with Crippen LogP contribution < -0.4 is 10.1 Å².